The van der Waals surface area contributed by atoms with E-state index in [0.717, 1.165) is 38.6 Å². The first-order chi connectivity index (χ1) is 12.6. The van der Waals surface area contributed by atoms with Crippen LogP contribution in [0, 0.1) is 0 Å². The van der Waals surface area contributed by atoms with Crippen molar-refractivity contribution in [1.82, 2.24) is 4.98 Å². The first-order valence-electron chi connectivity index (χ1n) is 7.98. The summed E-state index contributed by atoms with van der Waals surface area (Å²) in [4.78, 5) is 16.8. The molecular weight excluding hydrogens is 366 g/mol. The highest BCUT2D eigenvalue weighted by molar-refractivity contribution is 7.98. The SMILES string of the molecule is COc1ccc(Nc2nc(CSc3ccc(NC(C)=O)cc3)cs2)cc1. The number of amides is 1. The molecule has 3 aromatic rings. The molecule has 2 N–H and O–H groups in total. The summed E-state index contributed by atoms with van der Waals surface area (Å²) in [6, 6.07) is 15.6. The molecule has 7 heteroatoms. The van der Waals surface area contributed by atoms with Crippen LogP contribution >= 0.6 is 23.1 Å². The van der Waals surface area contributed by atoms with Crippen molar-refractivity contribution in [2.75, 3.05) is 17.7 Å². The highest BCUT2D eigenvalue weighted by Crippen LogP contribution is 2.28. The fourth-order valence-corrected chi connectivity index (χ4v) is 3.85. The average Bonchev–Trinajstić information content (AvgIpc) is 3.09. The summed E-state index contributed by atoms with van der Waals surface area (Å²) in [5.74, 6) is 1.56. The third kappa shape index (κ3) is 5.24. The number of ether oxygens (including phenoxy) is 1. The molecule has 0 saturated carbocycles. The molecule has 0 saturated heterocycles. The summed E-state index contributed by atoms with van der Waals surface area (Å²) in [6.07, 6.45) is 0. The number of hydrogen-bond donors (Lipinski definition) is 2. The lowest BCUT2D eigenvalue weighted by molar-refractivity contribution is -0.114. The van der Waals surface area contributed by atoms with Crippen LogP contribution in [-0.2, 0) is 10.5 Å². The summed E-state index contributed by atoms with van der Waals surface area (Å²) in [5.41, 5.74) is 2.82. The van der Waals surface area contributed by atoms with Crippen molar-refractivity contribution in [2.24, 2.45) is 0 Å². The zero-order valence-corrected chi connectivity index (χ0v) is 16.1. The van der Waals surface area contributed by atoms with E-state index in [-0.39, 0.29) is 5.91 Å². The number of thiazole rings is 1. The summed E-state index contributed by atoms with van der Waals surface area (Å²) in [7, 11) is 1.65. The zero-order chi connectivity index (χ0) is 18.4. The summed E-state index contributed by atoms with van der Waals surface area (Å²) >= 11 is 3.30. The van der Waals surface area contributed by atoms with Crippen molar-refractivity contribution in [3.05, 3.63) is 59.6 Å². The Kier molecular flexibility index (Phi) is 6.14. The van der Waals surface area contributed by atoms with Crippen LogP contribution in [0.25, 0.3) is 0 Å². The molecule has 1 heterocycles. The number of hydrogen-bond acceptors (Lipinski definition) is 6. The quantitative estimate of drug-likeness (QED) is 0.551. The molecule has 0 radical (unpaired) electrons. The van der Waals surface area contributed by atoms with Crippen LogP contribution in [0.15, 0.2) is 58.8 Å². The van der Waals surface area contributed by atoms with Crippen LogP contribution in [-0.4, -0.2) is 18.0 Å². The lowest BCUT2D eigenvalue weighted by Crippen LogP contribution is -2.05. The van der Waals surface area contributed by atoms with Gasteiger partial charge in [-0.3, -0.25) is 4.79 Å². The van der Waals surface area contributed by atoms with Gasteiger partial charge < -0.3 is 15.4 Å². The van der Waals surface area contributed by atoms with E-state index < -0.39 is 0 Å². The van der Waals surface area contributed by atoms with E-state index >= 15 is 0 Å². The Morgan fingerprint density at radius 3 is 2.46 bits per heavy atom. The maximum atomic E-state index is 11.0. The molecule has 1 aromatic heterocycles. The van der Waals surface area contributed by atoms with Gasteiger partial charge in [0.2, 0.25) is 5.91 Å². The summed E-state index contributed by atoms with van der Waals surface area (Å²) in [6.45, 7) is 1.50. The maximum Gasteiger partial charge on any atom is 0.221 e. The molecule has 0 aliphatic carbocycles. The van der Waals surface area contributed by atoms with Crippen molar-refractivity contribution >= 4 is 45.5 Å². The number of rotatable bonds is 7. The highest BCUT2D eigenvalue weighted by Gasteiger charge is 2.04. The molecule has 26 heavy (non-hydrogen) atoms. The number of carbonyl (C=O) groups excluding carboxylic acids is 1. The Morgan fingerprint density at radius 1 is 1.12 bits per heavy atom. The molecule has 3 rings (SSSR count). The van der Waals surface area contributed by atoms with Gasteiger partial charge in [-0.15, -0.1) is 23.1 Å². The normalized spacial score (nSPS) is 10.4. The number of benzene rings is 2. The van der Waals surface area contributed by atoms with E-state index in [9.17, 15) is 4.79 Å². The van der Waals surface area contributed by atoms with Crippen molar-refractivity contribution in [1.29, 1.82) is 0 Å². The Balaban J connectivity index is 1.53. The van der Waals surface area contributed by atoms with Gasteiger partial charge in [-0.1, -0.05) is 0 Å². The van der Waals surface area contributed by atoms with Crippen LogP contribution < -0.4 is 15.4 Å². The minimum atomic E-state index is -0.0650. The number of carbonyl (C=O) groups is 1. The molecule has 1 amide bonds. The number of thioether (sulfide) groups is 1. The predicted octanol–water partition coefficient (Wildman–Crippen LogP) is 5.15. The second kappa shape index (κ2) is 8.73. The highest BCUT2D eigenvalue weighted by atomic mass is 32.2. The van der Waals surface area contributed by atoms with E-state index in [1.165, 1.54) is 6.92 Å². The molecule has 0 bridgehead atoms. The first kappa shape index (κ1) is 18.3. The van der Waals surface area contributed by atoms with Gasteiger partial charge in [0.15, 0.2) is 5.13 Å². The molecule has 0 spiro atoms. The Hall–Kier alpha value is -2.51. The second-order valence-corrected chi connectivity index (χ2v) is 7.40. The minimum absolute atomic E-state index is 0.0650. The van der Waals surface area contributed by atoms with Crippen LogP contribution in [0.1, 0.15) is 12.6 Å². The van der Waals surface area contributed by atoms with Crippen molar-refractivity contribution in [3.8, 4) is 5.75 Å². The molecule has 134 valence electrons. The maximum absolute atomic E-state index is 11.0. The molecule has 0 atom stereocenters. The monoisotopic (exact) mass is 385 g/mol. The molecular formula is C19H19N3O2S2. The lowest BCUT2D eigenvalue weighted by atomic mass is 10.3. The van der Waals surface area contributed by atoms with Crippen molar-refractivity contribution in [2.45, 2.75) is 17.6 Å². The standard InChI is InChI=1S/C19H19N3O2S2/c1-13(23)20-14-5-9-18(10-6-14)25-11-16-12-26-19(22-16)21-15-3-7-17(24-2)8-4-15/h3-10,12H,11H2,1-2H3,(H,20,23)(H,21,22). The number of nitrogens with one attached hydrogen (secondary N) is 2. The largest absolute Gasteiger partial charge is 0.497 e. The lowest BCUT2D eigenvalue weighted by Gasteiger charge is -2.04. The molecule has 0 aliphatic rings. The Morgan fingerprint density at radius 2 is 1.81 bits per heavy atom. The molecule has 0 unspecified atom stereocenters. The molecule has 5 nitrogen and oxygen atoms in total. The van der Waals surface area contributed by atoms with E-state index in [1.807, 2.05) is 48.5 Å². The van der Waals surface area contributed by atoms with Crippen LogP contribution in [0.4, 0.5) is 16.5 Å². The smallest absolute Gasteiger partial charge is 0.221 e. The molecule has 0 aliphatic heterocycles. The number of aromatic nitrogens is 1. The van der Waals surface area contributed by atoms with Gasteiger partial charge in [-0.2, -0.15) is 0 Å². The van der Waals surface area contributed by atoms with E-state index in [0.29, 0.717) is 0 Å². The number of methoxy groups -OCH3 is 1. The fraction of sp³-hybridized carbons (Fsp3) is 0.158. The minimum Gasteiger partial charge on any atom is -0.497 e. The van der Waals surface area contributed by atoms with Crippen LogP contribution in [0.2, 0.25) is 0 Å². The zero-order valence-electron chi connectivity index (χ0n) is 14.5. The second-order valence-electron chi connectivity index (χ2n) is 5.49. The van der Waals surface area contributed by atoms with E-state index in [4.69, 9.17) is 4.74 Å². The van der Waals surface area contributed by atoms with Gasteiger partial charge in [0.05, 0.1) is 12.8 Å². The summed E-state index contributed by atoms with van der Waals surface area (Å²) < 4.78 is 5.16. The van der Waals surface area contributed by atoms with E-state index in [2.05, 4.69) is 21.0 Å². The Bertz CT molecular complexity index is 861. The van der Waals surface area contributed by atoms with Gasteiger partial charge in [-0.25, -0.2) is 4.98 Å². The van der Waals surface area contributed by atoms with Gasteiger partial charge in [0, 0.05) is 34.3 Å². The summed E-state index contributed by atoms with van der Waals surface area (Å²) in [5, 5.41) is 8.99. The van der Waals surface area contributed by atoms with E-state index in [1.54, 1.807) is 30.2 Å². The van der Waals surface area contributed by atoms with Crippen molar-refractivity contribution in [3.63, 3.8) is 0 Å². The molecule has 2 aromatic carbocycles. The van der Waals surface area contributed by atoms with Gasteiger partial charge >= 0.3 is 0 Å². The third-order valence-corrected chi connectivity index (χ3v) is 5.31. The average molecular weight is 386 g/mol. The molecule has 0 fully saturated rings. The predicted molar refractivity (Wildman–Crippen MR) is 109 cm³/mol. The van der Waals surface area contributed by atoms with Crippen LogP contribution in [0.3, 0.4) is 0 Å². The van der Waals surface area contributed by atoms with Crippen LogP contribution in [0.5, 0.6) is 5.75 Å². The Labute approximate surface area is 160 Å². The number of nitrogens with zero attached hydrogens (tertiary/aromatic N) is 1. The van der Waals surface area contributed by atoms with Gasteiger partial charge in [0.1, 0.15) is 5.75 Å². The number of anilines is 3. The van der Waals surface area contributed by atoms with Gasteiger partial charge in [0.25, 0.3) is 0 Å². The van der Waals surface area contributed by atoms with Gasteiger partial charge in [-0.05, 0) is 48.5 Å². The topological polar surface area (TPSA) is 63.2 Å². The third-order valence-electron chi connectivity index (χ3n) is 3.45. The first-order valence-corrected chi connectivity index (χ1v) is 9.85. The van der Waals surface area contributed by atoms with Crippen molar-refractivity contribution < 1.29 is 9.53 Å². The fourth-order valence-electron chi connectivity index (χ4n) is 2.22.